The molecule has 0 amide bonds. The summed E-state index contributed by atoms with van der Waals surface area (Å²) in [5, 5.41) is 22.5. The molecule has 0 heterocycles. The highest BCUT2D eigenvalue weighted by Gasteiger charge is 2.23. The Morgan fingerprint density at radius 3 is 0.983 bits per heavy atom. The van der Waals surface area contributed by atoms with Crippen molar-refractivity contribution in [1.82, 2.24) is 0 Å². The second kappa shape index (κ2) is 17.5. The van der Waals surface area contributed by atoms with Gasteiger partial charge in [-0.25, -0.2) is 0 Å². The van der Waals surface area contributed by atoms with Crippen molar-refractivity contribution in [1.29, 1.82) is 0 Å². The van der Waals surface area contributed by atoms with Crippen LogP contribution in [0.5, 0.6) is 34.5 Å². The number of rotatable bonds is 4. The van der Waals surface area contributed by atoms with Gasteiger partial charge in [0.2, 0.25) is 0 Å². The van der Waals surface area contributed by atoms with E-state index in [1.54, 1.807) is 24.3 Å². The van der Waals surface area contributed by atoms with E-state index < -0.39 is 0 Å². The molecule has 0 unspecified atom stereocenters. The number of nitrogens with two attached hydrogens (primary N) is 2. The van der Waals surface area contributed by atoms with Crippen molar-refractivity contribution in [3.63, 3.8) is 0 Å². The molecule has 6 heteroatoms. The summed E-state index contributed by atoms with van der Waals surface area (Å²) in [6.07, 6.45) is 0. The third-order valence-electron chi connectivity index (χ3n) is 9.24. The van der Waals surface area contributed by atoms with E-state index in [0.29, 0.717) is 56.0 Å². The molecular formula is C54H34N2O4. The van der Waals surface area contributed by atoms with Crippen LogP contribution in [0.3, 0.4) is 0 Å². The third-order valence-corrected chi connectivity index (χ3v) is 9.24. The zero-order chi connectivity index (χ0) is 41.3. The largest absolute Gasteiger partial charge is 0.506 e. The molecule has 8 aromatic rings. The Balaban J connectivity index is 1.51. The number of nitrogen functional groups attached to an aromatic ring is 2. The number of benzene rings is 8. The molecule has 0 bridgehead atoms. The van der Waals surface area contributed by atoms with Gasteiger partial charge in [0.15, 0.2) is 11.5 Å². The van der Waals surface area contributed by atoms with Crippen molar-refractivity contribution >= 4 is 22.1 Å². The Labute approximate surface area is 348 Å². The first-order chi connectivity index (χ1) is 29.4. The van der Waals surface area contributed by atoms with Crippen LogP contribution in [0.25, 0.3) is 10.8 Å². The lowest BCUT2D eigenvalue weighted by atomic mass is 9.93. The van der Waals surface area contributed by atoms with E-state index >= 15 is 0 Å². The van der Waals surface area contributed by atoms with Gasteiger partial charge in [-0.1, -0.05) is 120 Å². The van der Waals surface area contributed by atoms with Gasteiger partial charge in [-0.3, -0.25) is 0 Å². The third kappa shape index (κ3) is 8.86. The van der Waals surface area contributed by atoms with Crippen LogP contribution in [0.4, 0.5) is 11.4 Å². The second-order valence-electron chi connectivity index (χ2n) is 13.5. The molecule has 0 radical (unpaired) electrons. The Bertz CT molecular complexity index is 2920. The van der Waals surface area contributed by atoms with Crippen molar-refractivity contribution in [2.24, 2.45) is 0 Å². The minimum Gasteiger partial charge on any atom is -0.506 e. The molecule has 0 atom stereocenters. The molecule has 0 spiro atoms. The lowest BCUT2D eigenvalue weighted by molar-refractivity contribution is 0.456. The molecule has 0 aliphatic carbocycles. The summed E-state index contributed by atoms with van der Waals surface area (Å²) in [4.78, 5) is 0. The molecule has 8 rings (SSSR count). The van der Waals surface area contributed by atoms with E-state index in [1.165, 1.54) is 12.1 Å². The molecule has 0 fully saturated rings. The molecule has 0 aliphatic heterocycles. The number of aromatic hydroxyl groups is 2. The predicted molar refractivity (Wildman–Crippen MR) is 239 cm³/mol. The van der Waals surface area contributed by atoms with Crippen LogP contribution in [-0.2, 0) is 0 Å². The second-order valence-corrected chi connectivity index (χ2v) is 13.5. The smallest absolute Gasteiger partial charge is 0.152 e. The summed E-state index contributed by atoms with van der Waals surface area (Å²) in [5.74, 6) is 27.7. The standard InChI is InChI=1S/C54H34N2O4/c55-49-31-27-43(35-51(49)57)59-53-45(29-23-39-17-9-3-10-18-39)41(25-21-37-13-5-1-6-14-37)33-47-48(53)34-42(26-22-38-15-7-2-8-16-38)46(30-24-40-19-11-4-12-20-40)54(47)60-44-28-32-50(56)52(58)36-44/h1-20,27-28,31-36,57-58H,55-56H2. The molecule has 0 aromatic heterocycles. The average Bonchev–Trinajstić information content (AvgIpc) is 3.28. The highest BCUT2D eigenvalue weighted by Crippen LogP contribution is 2.45. The van der Waals surface area contributed by atoms with Gasteiger partial charge >= 0.3 is 0 Å². The van der Waals surface area contributed by atoms with E-state index in [4.69, 9.17) is 20.9 Å². The quantitative estimate of drug-likeness (QED) is 0.0805. The van der Waals surface area contributed by atoms with Gasteiger partial charge in [-0.15, -0.1) is 0 Å². The summed E-state index contributed by atoms with van der Waals surface area (Å²) < 4.78 is 13.6. The van der Waals surface area contributed by atoms with Gasteiger partial charge in [0.25, 0.3) is 0 Å². The summed E-state index contributed by atoms with van der Waals surface area (Å²) in [6, 6.07) is 51.7. The summed E-state index contributed by atoms with van der Waals surface area (Å²) in [6.45, 7) is 0. The Kier molecular flexibility index (Phi) is 11.0. The van der Waals surface area contributed by atoms with E-state index in [0.717, 1.165) is 22.3 Å². The van der Waals surface area contributed by atoms with Crippen LogP contribution in [0, 0.1) is 47.4 Å². The van der Waals surface area contributed by atoms with Gasteiger partial charge in [0, 0.05) is 56.3 Å². The summed E-state index contributed by atoms with van der Waals surface area (Å²) in [5.41, 5.74) is 17.6. The molecule has 0 saturated heterocycles. The first kappa shape index (κ1) is 38.0. The lowest BCUT2D eigenvalue weighted by Gasteiger charge is -2.19. The van der Waals surface area contributed by atoms with Crippen molar-refractivity contribution < 1.29 is 19.7 Å². The van der Waals surface area contributed by atoms with Crippen LogP contribution in [0.15, 0.2) is 170 Å². The van der Waals surface area contributed by atoms with E-state index in [-0.39, 0.29) is 22.9 Å². The monoisotopic (exact) mass is 774 g/mol. The molecule has 60 heavy (non-hydrogen) atoms. The Morgan fingerprint density at radius 2 is 0.667 bits per heavy atom. The Hall–Kier alpha value is -8.94. The number of phenols is 2. The minimum atomic E-state index is -0.145. The summed E-state index contributed by atoms with van der Waals surface area (Å²) >= 11 is 0. The fraction of sp³-hybridized carbons (Fsp3) is 0. The first-order valence-corrected chi connectivity index (χ1v) is 18.9. The van der Waals surface area contributed by atoms with Crippen molar-refractivity contribution in [2.45, 2.75) is 0 Å². The van der Waals surface area contributed by atoms with Gasteiger partial charge < -0.3 is 31.2 Å². The van der Waals surface area contributed by atoms with Crippen LogP contribution in [-0.4, -0.2) is 10.2 Å². The minimum absolute atomic E-state index is 0.145. The molecule has 8 aromatic carbocycles. The molecular weight excluding hydrogens is 741 g/mol. The highest BCUT2D eigenvalue weighted by molar-refractivity contribution is 6.00. The van der Waals surface area contributed by atoms with E-state index in [9.17, 15) is 10.2 Å². The van der Waals surface area contributed by atoms with E-state index in [2.05, 4.69) is 47.4 Å². The predicted octanol–water partition coefficient (Wildman–Crippen LogP) is 10.6. The van der Waals surface area contributed by atoms with Crippen molar-refractivity contribution in [2.75, 3.05) is 11.5 Å². The van der Waals surface area contributed by atoms with Gasteiger partial charge in [0.1, 0.15) is 23.0 Å². The molecule has 0 aliphatic rings. The lowest BCUT2D eigenvalue weighted by Crippen LogP contribution is -2.00. The molecule has 6 N–H and O–H groups in total. The van der Waals surface area contributed by atoms with Crippen LogP contribution in [0.2, 0.25) is 0 Å². The number of anilines is 2. The first-order valence-electron chi connectivity index (χ1n) is 18.9. The maximum absolute atomic E-state index is 10.7. The van der Waals surface area contributed by atoms with Gasteiger partial charge in [-0.05, 0) is 84.9 Å². The maximum Gasteiger partial charge on any atom is 0.152 e. The van der Waals surface area contributed by atoms with Crippen LogP contribution < -0.4 is 20.9 Å². The zero-order valence-electron chi connectivity index (χ0n) is 32.0. The van der Waals surface area contributed by atoms with Gasteiger partial charge in [0.05, 0.1) is 22.5 Å². The SMILES string of the molecule is Nc1ccc(Oc2c(C#Cc3ccccc3)c(C#Cc3ccccc3)cc3c(Oc4ccc(N)c(O)c4)c(C#Cc4ccccc4)c(C#Cc4ccccc4)cc23)cc1O. The zero-order valence-corrected chi connectivity index (χ0v) is 32.0. The van der Waals surface area contributed by atoms with Crippen molar-refractivity contribution in [3.8, 4) is 81.9 Å². The van der Waals surface area contributed by atoms with E-state index in [1.807, 2.05) is 133 Å². The van der Waals surface area contributed by atoms with Crippen molar-refractivity contribution in [3.05, 3.63) is 214 Å². The van der Waals surface area contributed by atoms with Gasteiger partial charge in [-0.2, -0.15) is 0 Å². The topological polar surface area (TPSA) is 111 Å². The number of hydrogen-bond acceptors (Lipinski definition) is 6. The number of phenolic OH excluding ortho intramolecular Hbond substituents is 2. The summed E-state index contributed by atoms with van der Waals surface area (Å²) in [7, 11) is 0. The molecule has 0 saturated carbocycles. The average molecular weight is 775 g/mol. The van der Waals surface area contributed by atoms with Crippen LogP contribution >= 0.6 is 0 Å². The fourth-order valence-corrected chi connectivity index (χ4v) is 6.18. The molecule has 284 valence electrons. The number of fused-ring (bicyclic) bond motifs is 1. The number of ether oxygens (including phenoxy) is 2. The Morgan fingerprint density at radius 1 is 0.350 bits per heavy atom. The normalized spacial score (nSPS) is 10.1. The fourth-order valence-electron chi connectivity index (χ4n) is 6.18. The number of hydrogen-bond donors (Lipinski definition) is 4. The highest BCUT2D eigenvalue weighted by atomic mass is 16.5. The maximum atomic E-state index is 10.7. The van der Waals surface area contributed by atoms with Crippen LogP contribution in [0.1, 0.15) is 44.5 Å². The molecule has 6 nitrogen and oxygen atoms in total.